The number of carbonyl (C=O) groups excluding carboxylic acids is 1. The monoisotopic (exact) mass is 986 g/mol. The number of aromatic amines is 1. The minimum absolute atomic E-state index is 0.0543. The summed E-state index contributed by atoms with van der Waals surface area (Å²) < 4.78 is 41.4. The van der Waals surface area contributed by atoms with Gasteiger partial charge in [0, 0.05) is 40.4 Å². The Bertz CT molecular complexity index is 2740. The molecule has 1 saturated heterocycles. The number of hydrogen-bond donors (Lipinski definition) is 2. The van der Waals surface area contributed by atoms with Crippen molar-refractivity contribution in [3.8, 4) is 21.1 Å². The first-order valence-corrected chi connectivity index (χ1v) is 27.7. The van der Waals surface area contributed by atoms with E-state index in [0.29, 0.717) is 23.9 Å². The summed E-state index contributed by atoms with van der Waals surface area (Å²) in [5, 5.41) is 3.13. The Balaban J connectivity index is 0.000000251. The van der Waals surface area contributed by atoms with Gasteiger partial charge in [-0.1, -0.05) is 162 Å². The van der Waals surface area contributed by atoms with E-state index in [1.807, 2.05) is 36.0 Å². The number of thioether (sulfide) groups is 1. The largest absolute Gasteiger partial charge is 0.464 e. The molecule has 9 rings (SSSR count). The van der Waals surface area contributed by atoms with Gasteiger partial charge in [0.15, 0.2) is 0 Å². The molecule has 3 atom stereocenters. The summed E-state index contributed by atoms with van der Waals surface area (Å²) in [5.41, 5.74) is 15.6. The quantitative estimate of drug-likeness (QED) is 0.0624. The second-order valence-corrected chi connectivity index (χ2v) is 21.2. The van der Waals surface area contributed by atoms with Crippen molar-refractivity contribution in [1.82, 2.24) is 14.9 Å². The molecule has 2 unspecified atom stereocenters. The predicted molar refractivity (Wildman–Crippen MR) is 288 cm³/mol. The average molecular weight is 987 g/mol. The molecule has 1 amide bonds. The molecule has 0 radical (unpaired) electrons. The van der Waals surface area contributed by atoms with Crippen LogP contribution in [0.1, 0.15) is 148 Å². The van der Waals surface area contributed by atoms with Crippen LogP contribution in [0.2, 0.25) is 0 Å². The maximum atomic E-state index is 14.7. The zero-order valence-electron chi connectivity index (χ0n) is 40.7. The fourth-order valence-electron chi connectivity index (χ4n) is 10.2. The summed E-state index contributed by atoms with van der Waals surface area (Å²) in [6.45, 7) is 3.00. The van der Waals surface area contributed by atoms with Gasteiger partial charge in [0.2, 0.25) is 0 Å². The average Bonchev–Trinajstić information content (AvgIpc) is 4.23. The van der Waals surface area contributed by atoms with Crippen LogP contribution in [0.4, 0.5) is 13.2 Å². The Morgan fingerprint density at radius 3 is 2.43 bits per heavy atom. The van der Waals surface area contributed by atoms with Crippen LogP contribution in [-0.4, -0.2) is 51.2 Å². The number of rotatable bonds is 23. The van der Waals surface area contributed by atoms with Gasteiger partial charge in [-0.05, 0) is 103 Å². The van der Waals surface area contributed by atoms with Gasteiger partial charge in [-0.15, -0.1) is 23.1 Å². The van der Waals surface area contributed by atoms with E-state index in [4.69, 9.17) is 15.1 Å². The van der Waals surface area contributed by atoms with Gasteiger partial charge in [-0.2, -0.15) is 13.2 Å². The number of benzene rings is 4. The Labute approximate surface area is 420 Å². The van der Waals surface area contributed by atoms with Crippen molar-refractivity contribution in [3.63, 3.8) is 0 Å². The Kier molecular flexibility index (Phi) is 18.6. The number of H-pyrrole nitrogens is 1. The van der Waals surface area contributed by atoms with E-state index in [2.05, 4.69) is 108 Å². The van der Waals surface area contributed by atoms with Crippen molar-refractivity contribution in [2.75, 3.05) is 18.2 Å². The van der Waals surface area contributed by atoms with Crippen LogP contribution in [0.15, 0.2) is 120 Å². The van der Waals surface area contributed by atoms with Crippen molar-refractivity contribution >= 4 is 57.0 Å². The summed E-state index contributed by atoms with van der Waals surface area (Å²) in [6, 6.07) is 36.2. The highest BCUT2D eigenvalue weighted by molar-refractivity contribution is 7.99. The van der Waals surface area contributed by atoms with Crippen molar-refractivity contribution in [2.45, 2.75) is 134 Å². The number of carbonyl (C=O) groups is 1. The molecule has 7 aromatic rings. The highest BCUT2D eigenvalue weighted by Crippen LogP contribution is 2.42. The van der Waals surface area contributed by atoms with E-state index in [-0.39, 0.29) is 24.3 Å². The van der Waals surface area contributed by atoms with Gasteiger partial charge in [0.25, 0.3) is 5.91 Å². The molecule has 2 aliphatic rings. The number of halogens is 3. The summed E-state index contributed by atoms with van der Waals surface area (Å²) >= 11 is 3.49. The highest BCUT2D eigenvalue weighted by Gasteiger charge is 2.35. The third-order valence-electron chi connectivity index (χ3n) is 14.0. The van der Waals surface area contributed by atoms with Gasteiger partial charge >= 0.3 is 6.18 Å². The van der Waals surface area contributed by atoms with Crippen molar-refractivity contribution in [2.24, 2.45) is 11.7 Å². The number of fused-ring (bicyclic) bond motifs is 3. The van der Waals surface area contributed by atoms with Gasteiger partial charge < -0.3 is 20.0 Å². The molecule has 4 heterocycles. The van der Waals surface area contributed by atoms with Crippen LogP contribution >= 0.6 is 23.1 Å². The zero-order chi connectivity index (χ0) is 48.7. The lowest BCUT2D eigenvalue weighted by Gasteiger charge is -2.27. The van der Waals surface area contributed by atoms with E-state index in [9.17, 15) is 18.0 Å². The molecule has 1 aliphatic carbocycles. The van der Waals surface area contributed by atoms with E-state index < -0.39 is 12.6 Å². The van der Waals surface area contributed by atoms with Gasteiger partial charge in [0.1, 0.15) is 16.3 Å². The maximum Gasteiger partial charge on any atom is 0.389 e. The second kappa shape index (κ2) is 25.3. The third kappa shape index (κ3) is 13.6. The molecule has 1 aliphatic heterocycles. The molecule has 6 nitrogen and oxygen atoms in total. The summed E-state index contributed by atoms with van der Waals surface area (Å²) in [6.07, 6.45) is 18.4. The molecule has 11 heteroatoms. The number of aryl methyl sites for hydroxylation is 1. The third-order valence-corrected chi connectivity index (χ3v) is 16.2. The summed E-state index contributed by atoms with van der Waals surface area (Å²) in [4.78, 5) is 26.5. The Morgan fingerprint density at radius 2 is 1.60 bits per heavy atom. The molecule has 0 saturated carbocycles. The lowest BCUT2D eigenvalue weighted by Crippen LogP contribution is -2.38. The van der Waals surface area contributed by atoms with Crippen LogP contribution in [0.3, 0.4) is 0 Å². The summed E-state index contributed by atoms with van der Waals surface area (Å²) in [7, 11) is 0. The SMILES string of the molecule is CCCCCCC(CCCN)C[C@@H]1CSCN1C(=O)c1nc(-c2cc3ccccc3[nH]2)sc1-c1cccc(C2C=Cc3ccccc32)c1.FC(F)(F)CCCCCCCCCc1cccc2ccoc12. The zero-order valence-corrected chi connectivity index (χ0v) is 42.3. The molecule has 370 valence electrons. The van der Waals surface area contributed by atoms with E-state index in [0.717, 1.165) is 113 Å². The molecule has 1 fully saturated rings. The van der Waals surface area contributed by atoms with E-state index in [1.54, 1.807) is 17.6 Å². The topological polar surface area (TPSA) is 88.1 Å². The molecular weight excluding hydrogens is 918 g/mol. The van der Waals surface area contributed by atoms with Crippen molar-refractivity contribution in [3.05, 3.63) is 143 Å². The van der Waals surface area contributed by atoms with Crippen LogP contribution in [0.5, 0.6) is 0 Å². The van der Waals surface area contributed by atoms with Gasteiger partial charge in [-0.25, -0.2) is 4.98 Å². The number of para-hydroxylation sites is 2. The van der Waals surface area contributed by atoms with Crippen LogP contribution < -0.4 is 5.73 Å². The first-order chi connectivity index (χ1) is 34.2. The van der Waals surface area contributed by atoms with Crippen molar-refractivity contribution < 1.29 is 22.4 Å². The molecular formula is C59H69F3N4O2S2. The smallest absolute Gasteiger partial charge is 0.389 e. The number of nitrogens with one attached hydrogen (secondary N) is 1. The minimum Gasteiger partial charge on any atom is -0.464 e. The number of allylic oxidation sites excluding steroid dienone is 1. The molecule has 0 spiro atoms. The second-order valence-electron chi connectivity index (χ2n) is 19.2. The number of nitrogens with zero attached hydrogens (tertiary/aromatic N) is 2. The molecule has 0 bridgehead atoms. The predicted octanol–water partition coefficient (Wildman–Crippen LogP) is 17.0. The van der Waals surface area contributed by atoms with Crippen molar-refractivity contribution in [1.29, 1.82) is 0 Å². The lowest BCUT2D eigenvalue weighted by molar-refractivity contribution is -0.135. The first-order valence-electron chi connectivity index (χ1n) is 25.8. The van der Waals surface area contributed by atoms with E-state index >= 15 is 0 Å². The Morgan fingerprint density at radius 1 is 0.843 bits per heavy atom. The van der Waals surface area contributed by atoms with Crippen LogP contribution in [0, 0.1) is 5.92 Å². The number of unbranched alkanes of at least 4 members (excludes halogenated alkanes) is 9. The molecule has 70 heavy (non-hydrogen) atoms. The Hall–Kier alpha value is -5.10. The first kappa shape index (κ1) is 51.3. The standard InChI is InChI=1S/C41H46N4OS2.C18H23F3O/c1-2-3-4-5-12-28(13-11-22-42)23-33-26-47-27-45(33)41(46)38-39(48-40(44-38)37-25-31-15-7-9-19-36(31)43-37)32-17-10-16-30(24-32)35-21-20-29-14-6-8-18-34(29)35;19-18(20,21)13-7-5-3-1-2-4-6-9-15-10-8-11-16-12-14-22-17(15)16/h6-10,14-21,24-25,28,33,35,43H,2-5,11-13,22-23,26-27,42H2,1H3;8,10-12,14H,1-7,9,13H2/t28?,33-,35?;/m1./s1. The number of hydrogen-bond acceptors (Lipinski definition) is 6. The fraction of sp³-hybridized carbons (Fsp3) is 0.424. The maximum absolute atomic E-state index is 14.7. The lowest BCUT2D eigenvalue weighted by atomic mass is 9.89. The van der Waals surface area contributed by atoms with Gasteiger partial charge in [0.05, 0.1) is 22.7 Å². The number of amides is 1. The minimum atomic E-state index is -3.99. The normalized spacial score (nSPS) is 16.0. The van der Waals surface area contributed by atoms with Crippen LogP contribution in [0.25, 0.3) is 49.1 Å². The molecule has 3 aromatic heterocycles. The molecule has 4 aromatic carbocycles. The highest BCUT2D eigenvalue weighted by atomic mass is 32.2. The fourth-order valence-corrected chi connectivity index (χ4v) is 12.5. The van der Waals surface area contributed by atoms with Crippen LogP contribution in [-0.2, 0) is 6.42 Å². The van der Waals surface area contributed by atoms with Gasteiger partial charge in [-0.3, -0.25) is 4.79 Å². The number of aromatic nitrogens is 2. The summed E-state index contributed by atoms with van der Waals surface area (Å²) in [5.74, 6) is 2.55. The number of thiazole rings is 1. The van der Waals surface area contributed by atoms with E-state index in [1.165, 1.54) is 54.4 Å². The molecule has 3 N–H and O–H groups in total. The number of furan rings is 1. The number of nitrogens with two attached hydrogens (primary N) is 1. The number of alkyl halides is 3.